The Morgan fingerprint density at radius 1 is 1.38 bits per heavy atom. The van der Waals surface area contributed by atoms with Crippen molar-refractivity contribution in [1.29, 1.82) is 0 Å². The Hall–Kier alpha value is -1.43. The lowest BCUT2D eigenvalue weighted by atomic mass is 10.1. The van der Waals surface area contributed by atoms with E-state index in [0.29, 0.717) is 0 Å². The van der Waals surface area contributed by atoms with Crippen LogP contribution in [0.1, 0.15) is 24.2 Å². The summed E-state index contributed by atoms with van der Waals surface area (Å²) in [5.74, 6) is 0. The molecule has 0 aliphatic carbocycles. The second-order valence-corrected chi connectivity index (χ2v) is 5.59. The van der Waals surface area contributed by atoms with Crippen molar-refractivity contribution >= 4 is 11.6 Å². The number of benzene rings is 1. The molecule has 0 bridgehead atoms. The fourth-order valence-electron chi connectivity index (χ4n) is 2.22. The van der Waals surface area contributed by atoms with Gasteiger partial charge in [-0.1, -0.05) is 35.0 Å². The van der Waals surface area contributed by atoms with Crippen LogP contribution in [-0.4, -0.2) is 40.5 Å². The molecule has 0 radical (unpaired) electrons. The molecule has 5 nitrogen and oxygen atoms in total. The summed E-state index contributed by atoms with van der Waals surface area (Å²) in [6.07, 6.45) is 1.98. The molecule has 1 aromatic heterocycles. The normalized spacial score (nSPS) is 12.8. The first kappa shape index (κ1) is 15.9. The first-order chi connectivity index (χ1) is 10.1. The molecule has 1 aromatic carbocycles. The van der Waals surface area contributed by atoms with Gasteiger partial charge in [-0.3, -0.25) is 9.58 Å². The van der Waals surface area contributed by atoms with Gasteiger partial charge in [-0.15, -0.1) is 5.10 Å². The van der Waals surface area contributed by atoms with Gasteiger partial charge in [0.25, 0.3) is 0 Å². The quantitative estimate of drug-likeness (QED) is 0.853. The highest BCUT2D eigenvalue weighted by Gasteiger charge is 2.14. The molecule has 21 heavy (non-hydrogen) atoms. The lowest BCUT2D eigenvalue weighted by Crippen LogP contribution is -2.26. The van der Waals surface area contributed by atoms with Gasteiger partial charge in [0.1, 0.15) is 0 Å². The van der Waals surface area contributed by atoms with Crippen molar-refractivity contribution in [3.8, 4) is 0 Å². The molecule has 0 fully saturated rings. The summed E-state index contributed by atoms with van der Waals surface area (Å²) in [7, 11) is 4.00. The zero-order valence-corrected chi connectivity index (χ0v) is 13.5. The second kappa shape index (κ2) is 7.54. The van der Waals surface area contributed by atoms with Crippen molar-refractivity contribution in [3.05, 3.63) is 46.7 Å². The SMILES string of the molecule is CNCc1cn(CCN(C)C(C)c2ccccc2Cl)nn1. The van der Waals surface area contributed by atoms with E-state index in [0.717, 1.165) is 35.9 Å². The monoisotopic (exact) mass is 307 g/mol. The number of nitrogens with zero attached hydrogens (tertiary/aromatic N) is 4. The molecular formula is C15H22ClN5. The van der Waals surface area contributed by atoms with Gasteiger partial charge in [0.15, 0.2) is 0 Å². The third-order valence-electron chi connectivity index (χ3n) is 3.64. The minimum absolute atomic E-state index is 0.263. The fourth-order valence-corrected chi connectivity index (χ4v) is 2.51. The zero-order valence-electron chi connectivity index (χ0n) is 12.8. The lowest BCUT2D eigenvalue weighted by molar-refractivity contribution is 0.246. The fraction of sp³-hybridized carbons (Fsp3) is 0.467. The van der Waals surface area contributed by atoms with E-state index in [9.17, 15) is 0 Å². The first-order valence-electron chi connectivity index (χ1n) is 7.10. The maximum Gasteiger partial charge on any atom is 0.0964 e. The summed E-state index contributed by atoms with van der Waals surface area (Å²) in [6, 6.07) is 8.25. The number of likely N-dealkylation sites (N-methyl/N-ethyl adjacent to an activating group) is 1. The van der Waals surface area contributed by atoms with Crippen LogP contribution in [-0.2, 0) is 13.1 Å². The third kappa shape index (κ3) is 4.27. The molecule has 0 saturated heterocycles. The van der Waals surface area contributed by atoms with Gasteiger partial charge >= 0.3 is 0 Å². The van der Waals surface area contributed by atoms with Gasteiger partial charge < -0.3 is 5.32 Å². The van der Waals surface area contributed by atoms with Gasteiger partial charge in [-0.2, -0.15) is 0 Å². The Balaban J connectivity index is 1.91. The summed E-state index contributed by atoms with van der Waals surface area (Å²) in [5.41, 5.74) is 2.11. The van der Waals surface area contributed by atoms with Crippen LogP contribution in [0.5, 0.6) is 0 Å². The van der Waals surface area contributed by atoms with Crippen LogP contribution < -0.4 is 5.32 Å². The van der Waals surface area contributed by atoms with E-state index >= 15 is 0 Å². The lowest BCUT2D eigenvalue weighted by Gasteiger charge is -2.25. The van der Waals surface area contributed by atoms with E-state index in [1.54, 1.807) is 0 Å². The smallest absolute Gasteiger partial charge is 0.0964 e. The van der Waals surface area contributed by atoms with Gasteiger partial charge in [-0.05, 0) is 32.6 Å². The standard InChI is InChI=1S/C15H22ClN5/c1-12(14-6-4-5-7-15(14)16)20(3)8-9-21-11-13(10-17-2)18-19-21/h4-7,11-12,17H,8-10H2,1-3H3. The van der Waals surface area contributed by atoms with E-state index in [1.807, 2.05) is 36.1 Å². The highest BCUT2D eigenvalue weighted by Crippen LogP contribution is 2.25. The number of hydrogen-bond acceptors (Lipinski definition) is 4. The largest absolute Gasteiger partial charge is 0.314 e. The van der Waals surface area contributed by atoms with E-state index < -0.39 is 0 Å². The highest BCUT2D eigenvalue weighted by molar-refractivity contribution is 6.31. The molecule has 6 heteroatoms. The van der Waals surface area contributed by atoms with Crippen LogP contribution in [0, 0.1) is 0 Å². The van der Waals surface area contributed by atoms with Crippen LogP contribution in [0.25, 0.3) is 0 Å². The van der Waals surface area contributed by atoms with Gasteiger partial charge in [-0.25, -0.2) is 0 Å². The van der Waals surface area contributed by atoms with Crippen molar-refractivity contribution in [1.82, 2.24) is 25.2 Å². The first-order valence-corrected chi connectivity index (χ1v) is 7.48. The van der Waals surface area contributed by atoms with E-state index in [2.05, 4.69) is 40.6 Å². The number of rotatable bonds is 7. The molecule has 0 spiro atoms. The Morgan fingerprint density at radius 3 is 2.86 bits per heavy atom. The van der Waals surface area contributed by atoms with Gasteiger partial charge in [0, 0.05) is 30.4 Å². The number of aromatic nitrogens is 3. The molecule has 0 saturated carbocycles. The molecule has 0 amide bonds. The van der Waals surface area contributed by atoms with Gasteiger partial charge in [0.2, 0.25) is 0 Å². The van der Waals surface area contributed by atoms with Crippen molar-refractivity contribution in [3.63, 3.8) is 0 Å². The Bertz CT molecular complexity index is 569. The van der Waals surface area contributed by atoms with E-state index in [-0.39, 0.29) is 6.04 Å². The maximum atomic E-state index is 6.26. The molecule has 0 aliphatic heterocycles. The van der Waals surface area contributed by atoms with Crippen molar-refractivity contribution in [2.24, 2.45) is 0 Å². The summed E-state index contributed by atoms with van der Waals surface area (Å²) in [6.45, 7) is 4.59. The number of nitrogens with one attached hydrogen (secondary N) is 1. The van der Waals surface area contributed by atoms with E-state index in [1.165, 1.54) is 0 Å². The Labute approximate surface area is 130 Å². The summed E-state index contributed by atoms with van der Waals surface area (Å²) in [5, 5.41) is 12.1. The molecular weight excluding hydrogens is 286 g/mol. The number of halogens is 1. The molecule has 2 aromatic rings. The summed E-state index contributed by atoms with van der Waals surface area (Å²) < 4.78 is 1.88. The highest BCUT2D eigenvalue weighted by atomic mass is 35.5. The average molecular weight is 308 g/mol. The van der Waals surface area contributed by atoms with Crippen LogP contribution in [0.2, 0.25) is 5.02 Å². The minimum Gasteiger partial charge on any atom is -0.314 e. The zero-order chi connectivity index (χ0) is 15.2. The third-order valence-corrected chi connectivity index (χ3v) is 3.99. The molecule has 1 atom stereocenters. The summed E-state index contributed by atoms with van der Waals surface area (Å²) in [4.78, 5) is 2.26. The van der Waals surface area contributed by atoms with Crippen LogP contribution >= 0.6 is 11.6 Å². The summed E-state index contributed by atoms with van der Waals surface area (Å²) >= 11 is 6.26. The molecule has 2 rings (SSSR count). The Morgan fingerprint density at radius 2 is 2.14 bits per heavy atom. The van der Waals surface area contributed by atoms with Crippen LogP contribution in [0.3, 0.4) is 0 Å². The van der Waals surface area contributed by atoms with Gasteiger partial charge in [0.05, 0.1) is 12.2 Å². The van der Waals surface area contributed by atoms with E-state index in [4.69, 9.17) is 11.6 Å². The van der Waals surface area contributed by atoms with Crippen molar-refractivity contribution in [2.75, 3.05) is 20.6 Å². The molecule has 1 heterocycles. The minimum atomic E-state index is 0.263. The molecule has 1 unspecified atom stereocenters. The van der Waals surface area contributed by atoms with Crippen LogP contribution in [0.15, 0.2) is 30.5 Å². The molecule has 0 aliphatic rings. The molecule has 114 valence electrons. The average Bonchev–Trinajstić information content (AvgIpc) is 2.93. The molecule has 1 N–H and O–H groups in total. The van der Waals surface area contributed by atoms with Crippen LogP contribution in [0.4, 0.5) is 0 Å². The van der Waals surface area contributed by atoms with Crippen molar-refractivity contribution in [2.45, 2.75) is 26.1 Å². The second-order valence-electron chi connectivity index (χ2n) is 5.18. The number of hydrogen-bond donors (Lipinski definition) is 1. The predicted molar refractivity (Wildman–Crippen MR) is 85.3 cm³/mol. The topological polar surface area (TPSA) is 46.0 Å². The predicted octanol–water partition coefficient (Wildman–Crippen LogP) is 2.34. The maximum absolute atomic E-state index is 6.26. The van der Waals surface area contributed by atoms with Crippen molar-refractivity contribution < 1.29 is 0 Å². The Kier molecular flexibility index (Phi) is 5.73.